The second-order valence-electron chi connectivity index (χ2n) is 6.73. The minimum absolute atomic E-state index is 0. The van der Waals surface area contributed by atoms with Crippen molar-refractivity contribution in [3.8, 4) is 0 Å². The molecule has 0 atom stereocenters. The summed E-state index contributed by atoms with van der Waals surface area (Å²) in [5.41, 5.74) is 0. The average molecular weight is 227 g/mol. The van der Waals surface area contributed by atoms with Crippen LogP contribution in [0.15, 0.2) is 0 Å². The molecule has 0 spiro atoms. The lowest BCUT2D eigenvalue weighted by Gasteiger charge is -2.22. The highest BCUT2D eigenvalue weighted by atomic mass is 14.2. The van der Waals surface area contributed by atoms with Gasteiger partial charge in [-0.2, -0.15) is 0 Å². The zero-order chi connectivity index (χ0) is 12.0. The summed E-state index contributed by atoms with van der Waals surface area (Å²) in [6.45, 7) is 9.47. The van der Waals surface area contributed by atoms with Gasteiger partial charge < -0.3 is 0 Å². The van der Waals surface area contributed by atoms with Gasteiger partial charge in [-0.05, 0) is 23.7 Å². The second-order valence-corrected chi connectivity index (χ2v) is 6.73. The molecule has 0 N–H and O–H groups in total. The first-order chi connectivity index (χ1) is 7.58. The maximum absolute atomic E-state index is 2.37. The van der Waals surface area contributed by atoms with Crippen LogP contribution in [0.5, 0.6) is 0 Å². The highest BCUT2D eigenvalue weighted by Crippen LogP contribution is 2.27. The Morgan fingerprint density at radius 2 is 0.562 bits per heavy atom. The molecule has 0 aromatic carbocycles. The van der Waals surface area contributed by atoms with Gasteiger partial charge in [0.1, 0.15) is 0 Å². The van der Waals surface area contributed by atoms with E-state index in [2.05, 4.69) is 27.7 Å². The zero-order valence-corrected chi connectivity index (χ0v) is 12.0. The zero-order valence-electron chi connectivity index (χ0n) is 12.0. The van der Waals surface area contributed by atoms with E-state index >= 15 is 0 Å². The SMILES string of the molecule is CC1CCC(C)CC1.CC1CCC(C)CC1.[2HH]. The van der Waals surface area contributed by atoms with E-state index in [1.165, 1.54) is 51.4 Å². The summed E-state index contributed by atoms with van der Waals surface area (Å²) in [6.07, 6.45) is 11.8. The summed E-state index contributed by atoms with van der Waals surface area (Å²) >= 11 is 0. The van der Waals surface area contributed by atoms with Crippen molar-refractivity contribution in [1.82, 2.24) is 0 Å². The Kier molecular flexibility index (Phi) is 6.46. The van der Waals surface area contributed by atoms with E-state index in [1.54, 1.807) is 0 Å². The van der Waals surface area contributed by atoms with Gasteiger partial charge in [0.25, 0.3) is 0 Å². The Balaban J connectivity index is 0.000000284. The summed E-state index contributed by atoms with van der Waals surface area (Å²) in [6, 6.07) is 0. The lowest BCUT2D eigenvalue weighted by molar-refractivity contribution is 0.308. The Bertz CT molecular complexity index is 122. The lowest BCUT2D eigenvalue weighted by Crippen LogP contribution is -2.08. The fraction of sp³-hybridized carbons (Fsp3) is 1.00. The molecule has 0 nitrogen and oxygen atoms in total. The van der Waals surface area contributed by atoms with Gasteiger partial charge in [-0.1, -0.05) is 79.1 Å². The molecule has 0 amide bonds. The molecule has 2 fully saturated rings. The van der Waals surface area contributed by atoms with Crippen molar-refractivity contribution >= 4 is 0 Å². The monoisotopic (exact) mass is 227 g/mol. The normalized spacial score (nSPS) is 39.8. The summed E-state index contributed by atoms with van der Waals surface area (Å²) in [5, 5.41) is 0. The highest BCUT2D eigenvalue weighted by Gasteiger charge is 2.13. The number of hydrogen-bond donors (Lipinski definition) is 0. The first-order valence-electron chi connectivity index (χ1n) is 7.58. The predicted molar refractivity (Wildman–Crippen MR) is 75.7 cm³/mol. The standard InChI is InChI=1S/2C8H16.H2/c2*1-7-3-5-8(2)6-4-7;/h2*7-8H,3-6H2,1-2H3;1H/i;;1+1. The molecule has 0 saturated heterocycles. The molecule has 0 heteroatoms. The lowest BCUT2D eigenvalue weighted by atomic mass is 9.84. The van der Waals surface area contributed by atoms with Crippen molar-refractivity contribution in [2.24, 2.45) is 23.7 Å². The van der Waals surface area contributed by atoms with Gasteiger partial charge in [0, 0.05) is 1.43 Å². The summed E-state index contributed by atoms with van der Waals surface area (Å²) < 4.78 is 0. The molecule has 2 saturated carbocycles. The van der Waals surface area contributed by atoms with Gasteiger partial charge in [-0.15, -0.1) is 0 Å². The van der Waals surface area contributed by atoms with Crippen LogP contribution >= 0.6 is 0 Å². The molecule has 0 unspecified atom stereocenters. The maximum Gasteiger partial charge on any atom is 0 e. The second kappa shape index (κ2) is 7.35. The van der Waals surface area contributed by atoms with Gasteiger partial charge >= 0.3 is 0 Å². The van der Waals surface area contributed by atoms with Crippen LogP contribution in [0.1, 0.15) is 80.5 Å². The molecule has 2 rings (SSSR count). The molecule has 0 heterocycles. The van der Waals surface area contributed by atoms with Crippen LogP contribution in [0, 0.1) is 23.7 Å². The van der Waals surface area contributed by atoms with Crippen molar-refractivity contribution in [3.63, 3.8) is 0 Å². The number of rotatable bonds is 0. The largest absolute Gasteiger partial charge is 0.0625 e. The van der Waals surface area contributed by atoms with Gasteiger partial charge in [0.15, 0.2) is 0 Å². The van der Waals surface area contributed by atoms with Crippen molar-refractivity contribution in [2.75, 3.05) is 0 Å². The summed E-state index contributed by atoms with van der Waals surface area (Å²) in [7, 11) is 0. The third-order valence-electron chi connectivity index (χ3n) is 4.61. The molecular formula is C16H34. The third-order valence-corrected chi connectivity index (χ3v) is 4.61. The van der Waals surface area contributed by atoms with Crippen LogP contribution in [0.4, 0.5) is 0 Å². The van der Waals surface area contributed by atoms with E-state index in [0.29, 0.717) is 0 Å². The first kappa shape index (κ1) is 14.1. The topological polar surface area (TPSA) is 0 Å². The van der Waals surface area contributed by atoms with Gasteiger partial charge in [-0.25, -0.2) is 0 Å². The van der Waals surface area contributed by atoms with Crippen molar-refractivity contribution in [2.45, 2.75) is 79.1 Å². The Morgan fingerprint density at radius 3 is 0.688 bits per heavy atom. The van der Waals surface area contributed by atoms with Crippen LogP contribution in [0.25, 0.3) is 0 Å². The van der Waals surface area contributed by atoms with Gasteiger partial charge in [0.05, 0.1) is 0 Å². The Morgan fingerprint density at radius 1 is 0.438 bits per heavy atom. The molecular weight excluding hydrogens is 192 g/mol. The van der Waals surface area contributed by atoms with Crippen molar-refractivity contribution in [3.05, 3.63) is 0 Å². The fourth-order valence-electron chi connectivity index (χ4n) is 2.85. The molecule has 0 bridgehead atoms. The van der Waals surface area contributed by atoms with Gasteiger partial charge in [-0.3, -0.25) is 0 Å². The van der Waals surface area contributed by atoms with Crippen LogP contribution in [0.2, 0.25) is 0 Å². The molecule has 0 aromatic rings. The number of hydrogen-bond acceptors (Lipinski definition) is 0. The van der Waals surface area contributed by atoms with E-state index in [0.717, 1.165) is 23.7 Å². The van der Waals surface area contributed by atoms with E-state index in [1.807, 2.05) is 0 Å². The fourth-order valence-corrected chi connectivity index (χ4v) is 2.85. The molecule has 98 valence electrons. The first-order valence-corrected chi connectivity index (χ1v) is 7.58. The van der Waals surface area contributed by atoms with Crippen LogP contribution in [-0.4, -0.2) is 0 Å². The summed E-state index contributed by atoms with van der Waals surface area (Å²) in [5.74, 6) is 4.08. The van der Waals surface area contributed by atoms with E-state index in [4.69, 9.17) is 0 Å². The molecule has 2 aliphatic carbocycles. The quantitative estimate of drug-likeness (QED) is 0.482. The third kappa shape index (κ3) is 5.92. The maximum atomic E-state index is 2.37. The van der Waals surface area contributed by atoms with E-state index in [9.17, 15) is 0 Å². The molecule has 2 aliphatic rings. The van der Waals surface area contributed by atoms with E-state index in [-0.39, 0.29) is 1.43 Å². The van der Waals surface area contributed by atoms with Crippen LogP contribution in [-0.2, 0) is 0 Å². The molecule has 0 aromatic heterocycles. The molecule has 0 aliphatic heterocycles. The minimum atomic E-state index is 0. The van der Waals surface area contributed by atoms with Crippen LogP contribution in [0.3, 0.4) is 0 Å². The molecule has 16 heavy (non-hydrogen) atoms. The summed E-state index contributed by atoms with van der Waals surface area (Å²) in [4.78, 5) is 0. The minimum Gasteiger partial charge on any atom is -0.0625 e. The predicted octanol–water partition coefficient (Wildman–Crippen LogP) is 5.91. The Hall–Kier alpha value is 0. The van der Waals surface area contributed by atoms with Crippen molar-refractivity contribution in [1.29, 1.82) is 0 Å². The van der Waals surface area contributed by atoms with Gasteiger partial charge in [0.2, 0.25) is 0 Å². The average Bonchev–Trinajstić information content (AvgIpc) is 2.28. The highest BCUT2D eigenvalue weighted by molar-refractivity contribution is 4.66. The molecule has 0 radical (unpaired) electrons. The van der Waals surface area contributed by atoms with E-state index < -0.39 is 0 Å². The Labute approximate surface area is 105 Å². The smallest absolute Gasteiger partial charge is 0 e. The van der Waals surface area contributed by atoms with Crippen molar-refractivity contribution < 1.29 is 1.43 Å². The van der Waals surface area contributed by atoms with Crippen LogP contribution < -0.4 is 0 Å².